The number of nitrogens with one attached hydrogen (secondary N) is 15. The van der Waals surface area contributed by atoms with Gasteiger partial charge in [-0.2, -0.15) is 0 Å². The zero-order valence-electron chi connectivity index (χ0n) is 53.4. The van der Waals surface area contributed by atoms with Gasteiger partial charge in [-0.25, -0.2) is 16.8 Å². The summed E-state index contributed by atoms with van der Waals surface area (Å²) in [6.07, 6.45) is 36.4. The molecule has 0 aromatic rings. The fourth-order valence-electron chi connectivity index (χ4n) is 24.6. The summed E-state index contributed by atoms with van der Waals surface area (Å²) in [5.41, 5.74) is 0. The van der Waals surface area contributed by atoms with Gasteiger partial charge in [0.15, 0.2) is 0 Å². The third-order valence-corrected chi connectivity index (χ3v) is 30.9. The summed E-state index contributed by atoms with van der Waals surface area (Å²) in [5.74, 6) is 6.48. The van der Waals surface area contributed by atoms with E-state index in [0.717, 1.165) is 25.7 Å². The van der Waals surface area contributed by atoms with Crippen molar-refractivity contribution in [1.29, 1.82) is 0 Å². The third-order valence-electron chi connectivity index (χ3n) is 28.3. The van der Waals surface area contributed by atoms with E-state index < -0.39 is 30.7 Å². The minimum atomic E-state index is -4.41. The van der Waals surface area contributed by atoms with Crippen LogP contribution in [0.1, 0.15) is 193 Å². The first-order valence-corrected chi connectivity index (χ1v) is 39.8. The van der Waals surface area contributed by atoms with Gasteiger partial charge in [-0.05, 0) is 173 Å². The summed E-state index contributed by atoms with van der Waals surface area (Å²) in [6.45, 7) is 0. The Morgan fingerprint density at radius 2 is 0.411 bits per heavy atom. The number of quaternary nitrogens is 1. The molecule has 18 fully saturated rings. The van der Waals surface area contributed by atoms with Crippen molar-refractivity contribution in [3.05, 3.63) is 5.32 Å². The Balaban J connectivity index is 0.000000147. The maximum atomic E-state index is 12.7. The molecule has 10 saturated heterocycles. The van der Waals surface area contributed by atoms with Crippen LogP contribution in [0.4, 0.5) is 0 Å². The SMILES string of the molecule is O=S(=O)([O-])C1CCCC2C3NC4NC(NC5NC(NC6NC(NC(N3)C21)C1CCCCC61)C1CCCCC51)C1CCCCC41.O=S(=O)([O-])C1CCCC2C3NC4NC(NC5[N-]C(NC6NC(NC(N3)C21)C1CCCCC61)C1CCCCC51)C1CCCCC41.[Cu+2].[NH4+]. The topological polar surface area (TPSA) is 345 Å². The molecule has 0 aromatic heterocycles. The maximum Gasteiger partial charge on any atom is 2.00 e. The molecule has 1 radical (unpaired) electrons. The number of hydrogen-bond donors (Lipinski definition) is 16. The summed E-state index contributed by atoms with van der Waals surface area (Å²) in [7, 11) is -8.81. The first-order chi connectivity index (χ1) is 42.8. The predicted octanol–water partition coefficient (Wildman–Crippen LogP) is 3.42. The van der Waals surface area contributed by atoms with Gasteiger partial charge in [-0.1, -0.05) is 115 Å². The van der Waals surface area contributed by atoms with Crippen molar-refractivity contribution in [3.8, 4) is 0 Å². The van der Waals surface area contributed by atoms with E-state index in [2.05, 4.69) is 79.8 Å². The predicted molar refractivity (Wildman–Crippen MR) is 338 cm³/mol. The molecule has 26 heteroatoms. The van der Waals surface area contributed by atoms with Crippen molar-refractivity contribution in [2.75, 3.05) is 0 Å². The van der Waals surface area contributed by atoms with Crippen LogP contribution in [0.3, 0.4) is 0 Å². The van der Waals surface area contributed by atoms with Gasteiger partial charge in [0, 0.05) is 11.8 Å². The second-order valence-corrected chi connectivity index (χ2v) is 35.5. The molecule has 513 valence electrons. The van der Waals surface area contributed by atoms with Crippen LogP contribution in [-0.4, -0.2) is 135 Å². The summed E-state index contributed by atoms with van der Waals surface area (Å²) in [6, 6.07) is 0. The smallest absolute Gasteiger partial charge is 0.748 e. The second kappa shape index (κ2) is 26.7. The molecule has 10 aliphatic heterocycles. The molecule has 0 amide bonds. The zero-order valence-corrected chi connectivity index (χ0v) is 55.9. The van der Waals surface area contributed by atoms with E-state index in [1.54, 1.807) is 0 Å². The van der Waals surface area contributed by atoms with Crippen LogP contribution in [0.5, 0.6) is 0 Å². The Kier molecular flexibility index (Phi) is 19.5. The Morgan fingerprint density at radius 1 is 0.233 bits per heavy atom. The Hall–Kier alpha value is -0.341. The molecule has 90 heavy (non-hydrogen) atoms. The molecular formula is C64H113CuN17O6S2. The molecule has 34 atom stereocenters. The molecular weight excluding hydrogens is 1230 g/mol. The van der Waals surface area contributed by atoms with Crippen molar-refractivity contribution in [2.24, 2.45) is 94.7 Å². The first-order valence-electron chi connectivity index (χ1n) is 36.8. The van der Waals surface area contributed by atoms with Gasteiger partial charge >= 0.3 is 17.1 Å². The van der Waals surface area contributed by atoms with E-state index in [1.807, 2.05) is 0 Å². The number of nitrogens with zero attached hydrogens (tertiary/aromatic N) is 1. The van der Waals surface area contributed by atoms with E-state index >= 15 is 0 Å². The van der Waals surface area contributed by atoms with Crippen LogP contribution in [0, 0.1) is 94.7 Å². The molecule has 34 unspecified atom stereocenters. The normalized spacial score (nSPS) is 54.3. The van der Waals surface area contributed by atoms with E-state index in [4.69, 9.17) is 5.32 Å². The van der Waals surface area contributed by atoms with Crippen LogP contribution in [0.25, 0.3) is 5.32 Å². The molecule has 8 aliphatic carbocycles. The van der Waals surface area contributed by atoms with Crippen LogP contribution < -0.4 is 85.9 Å². The fourth-order valence-corrected chi connectivity index (χ4v) is 27.0. The molecule has 0 spiro atoms. The summed E-state index contributed by atoms with van der Waals surface area (Å²) in [4.78, 5) is 0. The molecule has 10 heterocycles. The van der Waals surface area contributed by atoms with E-state index in [-0.39, 0.29) is 139 Å². The minimum absolute atomic E-state index is 0. The van der Waals surface area contributed by atoms with Crippen molar-refractivity contribution in [3.63, 3.8) is 0 Å². The van der Waals surface area contributed by atoms with Gasteiger partial charge in [-0.3, -0.25) is 69.1 Å². The van der Waals surface area contributed by atoms with Gasteiger partial charge in [-0.15, -0.1) is 0 Å². The molecule has 8 saturated carbocycles. The number of hydrogen-bond acceptors (Lipinski definition) is 21. The first kappa shape index (κ1) is 65.6. The Bertz CT molecular complexity index is 2540. The van der Waals surface area contributed by atoms with Gasteiger partial charge in [0.1, 0.15) is 0 Å². The van der Waals surface area contributed by atoms with Gasteiger partial charge in [0.25, 0.3) is 0 Å². The quantitative estimate of drug-likeness (QED) is 0.139. The van der Waals surface area contributed by atoms with Gasteiger partial charge in [0.2, 0.25) is 0 Å². The molecule has 18 aliphatic rings. The summed E-state index contributed by atoms with van der Waals surface area (Å²) < 4.78 is 76.2. The Morgan fingerprint density at radius 3 is 0.633 bits per heavy atom. The van der Waals surface area contributed by atoms with Crippen molar-refractivity contribution in [1.82, 2.24) is 85.9 Å². The van der Waals surface area contributed by atoms with Crippen LogP contribution >= 0.6 is 0 Å². The average molecular weight is 1340 g/mol. The van der Waals surface area contributed by atoms with Crippen LogP contribution in [0.2, 0.25) is 0 Å². The number of fused-ring (bicyclic) bond motifs is 40. The Labute approximate surface area is 547 Å². The van der Waals surface area contributed by atoms with E-state index in [1.165, 1.54) is 154 Å². The average Bonchev–Trinajstić information content (AvgIpc) is 1.61. The molecule has 23 nitrogen and oxygen atoms in total. The molecule has 18 rings (SSSR count). The standard InChI is InChI=1S/C32H56N8O3S.C32H55N8O3S.Cu.H3N/c2*41-44(42,43)23-15-7-14-22-24(23)32-39-30-21-13-6-5-12-20(21)28(37-30)35-26-17-9-2-1-8-16(17)25(33-26)34-27-18-10-3-4-11-19(18)29(36-27)38-31(22)40-32;;/h16-40H,1-15H2,(H,41,42,43);16-32,34-40H,1-15H2,(H,41,42,43);;1H3/q;-1;+2;/p-1. The third kappa shape index (κ3) is 12.1. The van der Waals surface area contributed by atoms with Crippen LogP contribution in [-0.2, 0) is 37.3 Å². The zero-order chi connectivity index (χ0) is 59.2. The van der Waals surface area contributed by atoms with Crippen molar-refractivity contribution < 1.29 is 43.0 Å². The largest absolute Gasteiger partial charge is 2.00 e. The van der Waals surface area contributed by atoms with Gasteiger partial charge < -0.3 is 31.2 Å². The summed E-state index contributed by atoms with van der Waals surface area (Å²) in [5, 5.41) is 64.3. The van der Waals surface area contributed by atoms with Crippen molar-refractivity contribution >= 4 is 20.2 Å². The molecule has 0 aromatic carbocycles. The maximum absolute atomic E-state index is 12.7. The van der Waals surface area contributed by atoms with Crippen molar-refractivity contribution in [2.45, 2.75) is 302 Å². The van der Waals surface area contributed by atoms with Crippen LogP contribution in [0.15, 0.2) is 0 Å². The van der Waals surface area contributed by atoms with E-state index in [0.29, 0.717) is 90.0 Å². The molecule has 19 N–H and O–H groups in total. The second-order valence-electron chi connectivity index (χ2n) is 32.3. The van der Waals surface area contributed by atoms with Gasteiger partial charge in [0.05, 0.1) is 117 Å². The fraction of sp³-hybridized carbons (Fsp3) is 1.00. The monoisotopic (exact) mass is 1340 g/mol. The molecule has 16 bridgehead atoms. The van der Waals surface area contributed by atoms with E-state index in [9.17, 15) is 25.9 Å². The summed E-state index contributed by atoms with van der Waals surface area (Å²) >= 11 is 0. The number of rotatable bonds is 2. The minimum Gasteiger partial charge on any atom is -0.748 e.